The molecule has 0 spiro atoms. The van der Waals surface area contributed by atoms with Crippen molar-refractivity contribution in [2.24, 2.45) is 11.0 Å². The highest BCUT2D eigenvalue weighted by molar-refractivity contribution is 6.01. The van der Waals surface area contributed by atoms with Gasteiger partial charge in [-0.2, -0.15) is 5.10 Å². The Kier molecular flexibility index (Phi) is 3.57. The van der Waals surface area contributed by atoms with Crippen molar-refractivity contribution in [1.29, 1.82) is 0 Å². The number of aryl methyl sites for hydroxylation is 1. The first-order valence-corrected chi connectivity index (χ1v) is 6.14. The molecule has 0 aliphatic heterocycles. The van der Waals surface area contributed by atoms with Gasteiger partial charge >= 0.3 is 0 Å². The Labute approximate surface area is 102 Å². The Bertz CT molecular complexity index is 430. The quantitative estimate of drug-likeness (QED) is 0.627. The van der Waals surface area contributed by atoms with Gasteiger partial charge in [-0.25, -0.2) is 5.43 Å². The van der Waals surface area contributed by atoms with Crippen LogP contribution in [-0.2, 0) is 4.79 Å². The molecule has 2 rings (SSSR count). The minimum atomic E-state index is 0.0584. The molecule has 0 heterocycles. The van der Waals surface area contributed by atoms with E-state index in [1.165, 1.54) is 5.56 Å². The van der Waals surface area contributed by atoms with E-state index in [0.29, 0.717) is 0 Å². The maximum Gasteiger partial charge on any atom is 0.243 e. The Hall–Kier alpha value is -1.64. The highest BCUT2D eigenvalue weighted by atomic mass is 16.2. The van der Waals surface area contributed by atoms with E-state index in [4.69, 9.17) is 0 Å². The van der Waals surface area contributed by atoms with E-state index in [-0.39, 0.29) is 11.8 Å². The number of nitrogens with zero attached hydrogens (tertiary/aromatic N) is 1. The monoisotopic (exact) mass is 230 g/mol. The summed E-state index contributed by atoms with van der Waals surface area (Å²) in [6.45, 7) is 4.10. The van der Waals surface area contributed by atoms with Gasteiger partial charge in [0.25, 0.3) is 0 Å². The normalized spacial score (nSPS) is 15.8. The number of amides is 1. The molecule has 1 aliphatic carbocycles. The first kappa shape index (κ1) is 11.8. The van der Waals surface area contributed by atoms with Gasteiger partial charge in [-0.05, 0) is 31.7 Å². The number of benzene rings is 1. The molecule has 90 valence electrons. The van der Waals surface area contributed by atoms with Crippen molar-refractivity contribution in [3.05, 3.63) is 35.4 Å². The molecular formula is C14H18N2O. The number of hydrazone groups is 1. The van der Waals surface area contributed by atoms with Gasteiger partial charge in [0, 0.05) is 5.92 Å². The summed E-state index contributed by atoms with van der Waals surface area (Å²) < 4.78 is 0. The fourth-order valence-corrected chi connectivity index (χ4v) is 1.65. The fraction of sp³-hybridized carbons (Fsp3) is 0.429. The van der Waals surface area contributed by atoms with E-state index in [1.54, 1.807) is 0 Å². The number of hydrogen-bond acceptors (Lipinski definition) is 2. The largest absolute Gasteiger partial charge is 0.273 e. The van der Waals surface area contributed by atoms with E-state index >= 15 is 0 Å². The van der Waals surface area contributed by atoms with Crippen LogP contribution in [0.1, 0.15) is 37.3 Å². The van der Waals surface area contributed by atoms with Crippen molar-refractivity contribution in [3.8, 4) is 0 Å². The average molecular weight is 230 g/mol. The van der Waals surface area contributed by atoms with Gasteiger partial charge in [-0.15, -0.1) is 0 Å². The lowest BCUT2D eigenvalue weighted by atomic mass is 10.1. The molecule has 1 amide bonds. The standard InChI is InChI=1S/C14H18N2O/c1-3-13(11-6-4-10(2)5-7-11)15-16-14(17)12-8-9-12/h4-7,12H,3,8-9H2,1-2H3,(H,16,17)/b15-13-. The molecular weight excluding hydrogens is 212 g/mol. The van der Waals surface area contributed by atoms with Gasteiger partial charge in [-0.3, -0.25) is 4.79 Å². The Morgan fingerprint density at radius 1 is 1.35 bits per heavy atom. The molecule has 0 unspecified atom stereocenters. The Morgan fingerprint density at radius 3 is 2.53 bits per heavy atom. The van der Waals surface area contributed by atoms with Crippen LogP contribution in [0.3, 0.4) is 0 Å². The second kappa shape index (κ2) is 5.13. The molecule has 0 saturated heterocycles. The smallest absolute Gasteiger partial charge is 0.243 e. The van der Waals surface area contributed by atoms with Gasteiger partial charge in [0.1, 0.15) is 0 Å². The lowest BCUT2D eigenvalue weighted by Crippen LogP contribution is -2.21. The zero-order valence-corrected chi connectivity index (χ0v) is 10.4. The van der Waals surface area contributed by atoms with Crippen molar-refractivity contribution < 1.29 is 4.79 Å². The van der Waals surface area contributed by atoms with Gasteiger partial charge < -0.3 is 0 Å². The number of hydrogen-bond donors (Lipinski definition) is 1. The van der Waals surface area contributed by atoms with Crippen LogP contribution in [-0.4, -0.2) is 11.6 Å². The zero-order valence-electron chi connectivity index (χ0n) is 10.4. The van der Waals surface area contributed by atoms with Gasteiger partial charge in [0.2, 0.25) is 5.91 Å². The maximum atomic E-state index is 11.5. The number of carbonyl (C=O) groups is 1. The van der Waals surface area contributed by atoms with Crippen LogP contribution >= 0.6 is 0 Å². The molecule has 0 radical (unpaired) electrons. The van der Waals surface area contributed by atoms with Gasteiger partial charge in [-0.1, -0.05) is 36.8 Å². The minimum Gasteiger partial charge on any atom is -0.273 e. The van der Waals surface area contributed by atoms with Crippen molar-refractivity contribution in [2.45, 2.75) is 33.1 Å². The number of nitrogens with one attached hydrogen (secondary N) is 1. The summed E-state index contributed by atoms with van der Waals surface area (Å²) in [6.07, 6.45) is 2.83. The second-order valence-electron chi connectivity index (χ2n) is 4.53. The summed E-state index contributed by atoms with van der Waals surface area (Å²) in [5.41, 5.74) is 5.89. The number of carbonyl (C=O) groups excluding carboxylic acids is 1. The molecule has 1 aliphatic rings. The molecule has 1 aromatic rings. The van der Waals surface area contributed by atoms with Crippen LogP contribution in [0.15, 0.2) is 29.4 Å². The van der Waals surface area contributed by atoms with E-state index in [9.17, 15) is 4.79 Å². The van der Waals surface area contributed by atoms with E-state index in [1.807, 2.05) is 19.1 Å². The molecule has 1 aromatic carbocycles. The molecule has 1 saturated carbocycles. The molecule has 0 aromatic heterocycles. The van der Waals surface area contributed by atoms with Crippen molar-refractivity contribution in [2.75, 3.05) is 0 Å². The lowest BCUT2D eigenvalue weighted by Gasteiger charge is -2.05. The molecule has 0 bridgehead atoms. The molecule has 3 nitrogen and oxygen atoms in total. The van der Waals surface area contributed by atoms with E-state index < -0.39 is 0 Å². The predicted octanol–water partition coefficient (Wildman–Crippen LogP) is 2.64. The van der Waals surface area contributed by atoms with Crippen LogP contribution in [0.25, 0.3) is 0 Å². The summed E-state index contributed by atoms with van der Waals surface area (Å²) in [5, 5.41) is 4.22. The lowest BCUT2D eigenvalue weighted by molar-refractivity contribution is -0.122. The van der Waals surface area contributed by atoms with Gasteiger partial charge in [0.15, 0.2) is 0 Å². The molecule has 3 heteroatoms. The zero-order chi connectivity index (χ0) is 12.3. The average Bonchev–Trinajstić information content (AvgIpc) is 3.16. The van der Waals surface area contributed by atoms with E-state index in [0.717, 1.165) is 30.5 Å². The molecule has 1 N–H and O–H groups in total. The summed E-state index contributed by atoms with van der Waals surface area (Å²) in [4.78, 5) is 11.5. The minimum absolute atomic E-state index is 0.0584. The fourth-order valence-electron chi connectivity index (χ4n) is 1.65. The predicted molar refractivity (Wildman–Crippen MR) is 68.9 cm³/mol. The summed E-state index contributed by atoms with van der Waals surface area (Å²) >= 11 is 0. The third kappa shape index (κ3) is 3.16. The maximum absolute atomic E-state index is 11.5. The van der Waals surface area contributed by atoms with Crippen LogP contribution in [0.5, 0.6) is 0 Å². The second-order valence-corrected chi connectivity index (χ2v) is 4.53. The van der Waals surface area contributed by atoms with Crippen LogP contribution in [0, 0.1) is 12.8 Å². The summed E-state index contributed by atoms with van der Waals surface area (Å²) in [7, 11) is 0. The molecule has 1 fully saturated rings. The third-order valence-corrected chi connectivity index (χ3v) is 2.97. The van der Waals surface area contributed by atoms with Crippen LogP contribution in [0.2, 0.25) is 0 Å². The highest BCUT2D eigenvalue weighted by Crippen LogP contribution is 2.28. The molecule has 0 atom stereocenters. The van der Waals surface area contributed by atoms with Crippen molar-refractivity contribution in [1.82, 2.24) is 5.43 Å². The highest BCUT2D eigenvalue weighted by Gasteiger charge is 2.29. The number of rotatable bonds is 4. The van der Waals surface area contributed by atoms with Gasteiger partial charge in [0.05, 0.1) is 5.71 Å². The Morgan fingerprint density at radius 2 is 2.00 bits per heavy atom. The van der Waals surface area contributed by atoms with Crippen LogP contribution in [0.4, 0.5) is 0 Å². The molecule has 17 heavy (non-hydrogen) atoms. The topological polar surface area (TPSA) is 41.5 Å². The summed E-state index contributed by atoms with van der Waals surface area (Å²) in [5.74, 6) is 0.262. The first-order valence-electron chi connectivity index (χ1n) is 6.14. The SMILES string of the molecule is CC/C(=N/NC(=O)C1CC1)c1ccc(C)cc1. The van der Waals surface area contributed by atoms with Crippen LogP contribution < -0.4 is 5.43 Å². The summed E-state index contributed by atoms with van der Waals surface area (Å²) in [6, 6.07) is 8.20. The third-order valence-electron chi connectivity index (χ3n) is 2.97. The first-order chi connectivity index (χ1) is 8.20. The Balaban J connectivity index is 2.06. The van der Waals surface area contributed by atoms with Crippen molar-refractivity contribution >= 4 is 11.6 Å². The van der Waals surface area contributed by atoms with Crippen molar-refractivity contribution in [3.63, 3.8) is 0 Å². The van der Waals surface area contributed by atoms with E-state index in [2.05, 4.69) is 29.6 Å².